The van der Waals surface area contributed by atoms with E-state index >= 15 is 0 Å². The Bertz CT molecular complexity index is 838. The standard InChI is InChI=1S/C19H13.2ClH.Zr/c1-2-6-14(7-3-1)17-12-16-11-10-15-8-4-5-9-18(15)19(16)13-17;;;/h1-11H,13H2;2*1H;/q;;;+2/p-2. The molecule has 1 aliphatic rings. The third kappa shape index (κ3) is 2.83. The van der Waals surface area contributed by atoms with E-state index in [0.717, 1.165) is 6.42 Å². The van der Waals surface area contributed by atoms with Crippen molar-refractivity contribution in [3.63, 3.8) is 0 Å². The number of halogens is 2. The number of allylic oxidation sites excluding steroid dienone is 1. The van der Waals surface area contributed by atoms with E-state index in [1.165, 1.54) is 61.0 Å². The molecule has 0 heterocycles. The van der Waals surface area contributed by atoms with Crippen LogP contribution in [0.1, 0.15) is 16.7 Å². The van der Waals surface area contributed by atoms with Crippen molar-refractivity contribution in [3.05, 3.63) is 83.4 Å². The maximum atomic E-state index is 2.30. The van der Waals surface area contributed by atoms with Gasteiger partial charge in [-0.1, -0.05) is 0 Å². The molecular weight excluding hydrogens is 390 g/mol. The van der Waals surface area contributed by atoms with Gasteiger partial charge in [-0.05, 0) is 0 Å². The molecule has 0 saturated carbocycles. The summed E-state index contributed by atoms with van der Waals surface area (Å²) in [7, 11) is 0. The Hall–Kier alpha value is -0.877. The van der Waals surface area contributed by atoms with Crippen molar-refractivity contribution in [1.29, 1.82) is 0 Å². The van der Waals surface area contributed by atoms with Gasteiger partial charge in [-0.3, -0.25) is 0 Å². The molecule has 0 unspecified atom stereocenters. The first-order valence-electron chi connectivity index (χ1n) is 6.86. The number of rotatable bonds is 1. The summed E-state index contributed by atoms with van der Waals surface area (Å²) in [6, 6.07) is 24.1. The molecule has 0 saturated heterocycles. The van der Waals surface area contributed by atoms with Crippen LogP contribution in [-0.4, -0.2) is 0 Å². The van der Waals surface area contributed by atoms with Gasteiger partial charge < -0.3 is 24.8 Å². The Morgan fingerprint density at radius 2 is 1.41 bits per heavy atom. The zero-order valence-corrected chi connectivity index (χ0v) is 15.8. The minimum atomic E-state index is 0. The zero-order chi connectivity index (χ0) is 13.5. The average molecular weight is 403 g/mol. The van der Waals surface area contributed by atoms with Crippen molar-refractivity contribution in [1.82, 2.24) is 0 Å². The van der Waals surface area contributed by atoms with Crippen LogP contribution < -0.4 is 24.8 Å². The van der Waals surface area contributed by atoms with Gasteiger partial charge in [0.15, 0.2) is 0 Å². The summed E-state index contributed by atoms with van der Waals surface area (Å²) in [6.07, 6.45) is 1.07. The van der Waals surface area contributed by atoms with Crippen molar-refractivity contribution in [3.8, 4) is 0 Å². The van der Waals surface area contributed by atoms with Crippen molar-refractivity contribution >= 4 is 19.6 Å². The summed E-state index contributed by atoms with van der Waals surface area (Å²) < 4.78 is 1.52. The number of hydrogen-bond acceptors (Lipinski definition) is 0. The summed E-state index contributed by atoms with van der Waals surface area (Å²) in [5.41, 5.74) is 5.85. The second-order valence-electron chi connectivity index (χ2n) is 5.21. The van der Waals surface area contributed by atoms with E-state index in [2.05, 4.69) is 66.7 Å². The molecule has 0 N–H and O–H groups in total. The SMILES string of the molecule is [Cl-].[Cl-].[Zr+2][C]1=C(c2ccccc2)Cc2c1ccc1ccccc21. The third-order valence-corrected chi connectivity index (χ3v) is 5.49. The minimum absolute atomic E-state index is 0. The first kappa shape index (κ1) is 17.5. The molecule has 0 nitrogen and oxygen atoms in total. The fourth-order valence-electron chi connectivity index (χ4n) is 3.07. The van der Waals surface area contributed by atoms with Gasteiger partial charge in [0.05, 0.1) is 0 Å². The zero-order valence-electron chi connectivity index (χ0n) is 11.8. The average Bonchev–Trinajstić information content (AvgIpc) is 2.86. The summed E-state index contributed by atoms with van der Waals surface area (Å²) in [5.74, 6) is 0. The Kier molecular flexibility index (Phi) is 5.67. The van der Waals surface area contributed by atoms with E-state index < -0.39 is 0 Å². The van der Waals surface area contributed by atoms with Crippen LogP contribution in [0.2, 0.25) is 0 Å². The van der Waals surface area contributed by atoms with Gasteiger partial charge in [-0.2, -0.15) is 0 Å². The van der Waals surface area contributed by atoms with Crippen LogP contribution in [0.5, 0.6) is 0 Å². The van der Waals surface area contributed by atoms with Crippen molar-refractivity contribution in [2.75, 3.05) is 0 Å². The van der Waals surface area contributed by atoms with E-state index in [9.17, 15) is 0 Å². The van der Waals surface area contributed by atoms with E-state index in [4.69, 9.17) is 0 Å². The van der Waals surface area contributed by atoms with Gasteiger partial charge >= 0.3 is 134 Å². The summed E-state index contributed by atoms with van der Waals surface area (Å²) in [6.45, 7) is 0. The Morgan fingerprint density at radius 1 is 0.727 bits per heavy atom. The van der Waals surface area contributed by atoms with Gasteiger partial charge in [-0.15, -0.1) is 0 Å². The molecule has 0 aromatic heterocycles. The Morgan fingerprint density at radius 3 is 2.18 bits per heavy atom. The van der Waals surface area contributed by atoms with Gasteiger partial charge in [0.2, 0.25) is 0 Å². The monoisotopic (exact) mass is 401 g/mol. The van der Waals surface area contributed by atoms with Crippen LogP contribution in [0.4, 0.5) is 0 Å². The van der Waals surface area contributed by atoms with Gasteiger partial charge in [-0.25, -0.2) is 0 Å². The van der Waals surface area contributed by atoms with E-state index in [1.807, 2.05) is 0 Å². The molecule has 0 fully saturated rings. The van der Waals surface area contributed by atoms with Crippen LogP contribution in [0, 0.1) is 0 Å². The molecule has 0 spiro atoms. The van der Waals surface area contributed by atoms with Crippen LogP contribution in [-0.2, 0) is 31.1 Å². The molecule has 0 atom stereocenters. The molecule has 3 aromatic carbocycles. The topological polar surface area (TPSA) is 0 Å². The Labute approximate surface area is 158 Å². The molecule has 3 aromatic rings. The van der Waals surface area contributed by atoms with Crippen LogP contribution in [0.3, 0.4) is 0 Å². The summed E-state index contributed by atoms with van der Waals surface area (Å²) >= 11 is 1.51. The number of hydrogen-bond donors (Lipinski definition) is 0. The number of benzene rings is 3. The third-order valence-electron chi connectivity index (χ3n) is 4.09. The van der Waals surface area contributed by atoms with E-state index in [1.54, 1.807) is 0 Å². The molecule has 0 radical (unpaired) electrons. The van der Waals surface area contributed by atoms with Crippen LogP contribution >= 0.6 is 0 Å². The molecule has 4 rings (SSSR count). The predicted molar refractivity (Wildman–Crippen MR) is 80.9 cm³/mol. The van der Waals surface area contributed by atoms with Crippen molar-refractivity contribution < 1.29 is 49.5 Å². The molecule has 22 heavy (non-hydrogen) atoms. The molecular formula is C19H13Cl2Zr. The Balaban J connectivity index is 0.000000882. The van der Waals surface area contributed by atoms with Gasteiger partial charge in [0.1, 0.15) is 0 Å². The molecule has 0 amide bonds. The first-order valence-corrected chi connectivity index (χ1v) is 8.08. The van der Waals surface area contributed by atoms with Gasteiger partial charge in [0, 0.05) is 0 Å². The summed E-state index contributed by atoms with van der Waals surface area (Å²) in [5, 5.41) is 2.76. The maximum absolute atomic E-state index is 2.30. The van der Waals surface area contributed by atoms with Crippen molar-refractivity contribution in [2.24, 2.45) is 0 Å². The quantitative estimate of drug-likeness (QED) is 0.480. The molecule has 3 heteroatoms. The normalized spacial score (nSPS) is 12.6. The second-order valence-corrected chi connectivity index (χ2v) is 6.44. The van der Waals surface area contributed by atoms with Crippen LogP contribution in [0.25, 0.3) is 19.6 Å². The van der Waals surface area contributed by atoms with Crippen molar-refractivity contribution in [2.45, 2.75) is 6.42 Å². The molecule has 1 aliphatic carbocycles. The first-order chi connectivity index (χ1) is 9.84. The molecule has 0 bridgehead atoms. The molecule has 0 aliphatic heterocycles. The second kappa shape index (κ2) is 7.13. The predicted octanol–water partition coefficient (Wildman–Crippen LogP) is -1.18. The van der Waals surface area contributed by atoms with Gasteiger partial charge in [0.25, 0.3) is 0 Å². The van der Waals surface area contributed by atoms with Crippen LogP contribution in [0.15, 0.2) is 66.7 Å². The molecule has 107 valence electrons. The number of fused-ring (bicyclic) bond motifs is 3. The summed E-state index contributed by atoms with van der Waals surface area (Å²) in [4.78, 5) is 0. The van der Waals surface area contributed by atoms with E-state index in [-0.39, 0.29) is 24.8 Å². The fraction of sp³-hybridized carbons (Fsp3) is 0.0526. The fourth-order valence-corrected chi connectivity index (χ4v) is 4.22. The van der Waals surface area contributed by atoms with E-state index in [0.29, 0.717) is 0 Å².